The first-order valence-electron chi connectivity index (χ1n) is 8.15. The van der Waals surface area contributed by atoms with Gasteiger partial charge in [-0.05, 0) is 42.7 Å². The molecule has 0 atom stereocenters. The first-order chi connectivity index (χ1) is 11.8. The summed E-state index contributed by atoms with van der Waals surface area (Å²) < 4.78 is 0. The van der Waals surface area contributed by atoms with Crippen LogP contribution in [0.1, 0.15) is 31.7 Å². The predicted molar refractivity (Wildman–Crippen MR) is 96.7 cm³/mol. The minimum atomic E-state index is 0.650. The number of hydrogen-bond acceptors (Lipinski definition) is 4. The second-order valence-corrected chi connectivity index (χ2v) is 6.11. The van der Waals surface area contributed by atoms with Gasteiger partial charge in [0.1, 0.15) is 0 Å². The number of halogens is 1. The van der Waals surface area contributed by atoms with Crippen LogP contribution in [0.2, 0.25) is 5.02 Å². The van der Waals surface area contributed by atoms with Crippen LogP contribution in [0.3, 0.4) is 0 Å². The van der Waals surface area contributed by atoms with Gasteiger partial charge in [0.15, 0.2) is 11.6 Å². The maximum absolute atomic E-state index is 5.90. The zero-order chi connectivity index (χ0) is 16.8. The van der Waals surface area contributed by atoms with E-state index in [9.17, 15) is 0 Å². The maximum atomic E-state index is 5.90. The van der Waals surface area contributed by atoms with Gasteiger partial charge in [-0.25, -0.2) is 19.9 Å². The van der Waals surface area contributed by atoms with Gasteiger partial charge in [0.25, 0.3) is 0 Å². The van der Waals surface area contributed by atoms with Crippen molar-refractivity contribution in [3.63, 3.8) is 0 Å². The lowest BCUT2D eigenvalue weighted by Gasteiger charge is -2.04. The highest BCUT2D eigenvalue weighted by Gasteiger charge is 2.05. The van der Waals surface area contributed by atoms with Gasteiger partial charge < -0.3 is 0 Å². The first-order valence-corrected chi connectivity index (χ1v) is 8.53. The summed E-state index contributed by atoms with van der Waals surface area (Å²) in [5, 5.41) is 0.697. The van der Waals surface area contributed by atoms with E-state index in [4.69, 9.17) is 11.6 Å². The molecule has 0 amide bonds. The predicted octanol–water partition coefficient (Wildman–Crippen LogP) is 4.99. The molecule has 0 unspecified atom stereocenters. The summed E-state index contributed by atoms with van der Waals surface area (Å²) >= 11 is 5.90. The van der Waals surface area contributed by atoms with E-state index in [2.05, 4.69) is 26.9 Å². The molecule has 24 heavy (non-hydrogen) atoms. The molecule has 1 aromatic carbocycles. The van der Waals surface area contributed by atoms with Crippen molar-refractivity contribution >= 4 is 11.6 Å². The van der Waals surface area contributed by atoms with E-state index >= 15 is 0 Å². The molecule has 122 valence electrons. The fourth-order valence-electron chi connectivity index (χ4n) is 2.40. The molecule has 2 aromatic heterocycles. The van der Waals surface area contributed by atoms with Gasteiger partial charge in [0, 0.05) is 35.4 Å². The van der Waals surface area contributed by atoms with E-state index in [1.54, 1.807) is 12.4 Å². The third-order valence-electron chi connectivity index (χ3n) is 3.79. The quantitative estimate of drug-likeness (QED) is 0.594. The lowest BCUT2D eigenvalue weighted by Crippen LogP contribution is -1.95. The van der Waals surface area contributed by atoms with Crippen LogP contribution in [-0.2, 0) is 6.42 Å². The average Bonchev–Trinajstić information content (AvgIpc) is 2.63. The highest BCUT2D eigenvalue weighted by Crippen LogP contribution is 2.20. The molecule has 0 bridgehead atoms. The average molecular weight is 339 g/mol. The van der Waals surface area contributed by atoms with Gasteiger partial charge >= 0.3 is 0 Å². The summed E-state index contributed by atoms with van der Waals surface area (Å²) in [6.45, 7) is 2.20. The fourth-order valence-corrected chi connectivity index (χ4v) is 2.53. The number of nitrogens with zero attached hydrogens (tertiary/aromatic N) is 4. The molecule has 0 spiro atoms. The van der Waals surface area contributed by atoms with Crippen LogP contribution in [0.5, 0.6) is 0 Å². The minimum absolute atomic E-state index is 0.650. The van der Waals surface area contributed by atoms with E-state index in [0.717, 1.165) is 17.5 Å². The zero-order valence-electron chi connectivity index (χ0n) is 13.6. The van der Waals surface area contributed by atoms with Crippen molar-refractivity contribution in [1.29, 1.82) is 0 Å². The molecular formula is C19H19ClN4. The molecule has 0 saturated heterocycles. The zero-order valence-corrected chi connectivity index (χ0v) is 14.4. The van der Waals surface area contributed by atoms with E-state index in [0.29, 0.717) is 16.7 Å². The Bertz CT molecular complexity index is 768. The van der Waals surface area contributed by atoms with Gasteiger partial charge in [0.2, 0.25) is 0 Å². The van der Waals surface area contributed by atoms with E-state index < -0.39 is 0 Å². The number of aryl methyl sites for hydroxylation is 1. The SMILES string of the molecule is CCCCCc1cnc(-c2cnc(-c3ccc(Cl)cc3)nc2)nc1. The third kappa shape index (κ3) is 4.15. The number of hydrogen-bond donors (Lipinski definition) is 0. The highest BCUT2D eigenvalue weighted by molar-refractivity contribution is 6.30. The molecule has 2 heterocycles. The molecule has 3 rings (SSSR count). The third-order valence-corrected chi connectivity index (χ3v) is 4.04. The monoisotopic (exact) mass is 338 g/mol. The summed E-state index contributed by atoms with van der Waals surface area (Å²) in [4.78, 5) is 17.7. The molecule has 5 heteroatoms. The Morgan fingerprint density at radius 1 is 0.750 bits per heavy atom. The molecule has 4 nitrogen and oxygen atoms in total. The lowest BCUT2D eigenvalue weighted by molar-refractivity contribution is 0.714. The molecule has 0 saturated carbocycles. The van der Waals surface area contributed by atoms with Crippen molar-refractivity contribution in [3.8, 4) is 22.8 Å². The van der Waals surface area contributed by atoms with Crippen molar-refractivity contribution in [2.24, 2.45) is 0 Å². The normalized spacial score (nSPS) is 10.8. The van der Waals surface area contributed by atoms with Crippen LogP contribution in [0.25, 0.3) is 22.8 Å². The summed E-state index contributed by atoms with van der Waals surface area (Å²) in [5.41, 5.74) is 2.91. The molecule has 0 aliphatic carbocycles. The minimum Gasteiger partial charge on any atom is -0.236 e. The smallest absolute Gasteiger partial charge is 0.162 e. The Kier molecular flexibility index (Phi) is 5.49. The first kappa shape index (κ1) is 16.5. The van der Waals surface area contributed by atoms with Crippen molar-refractivity contribution in [2.75, 3.05) is 0 Å². The molecule has 3 aromatic rings. The Labute approximate surface area is 147 Å². The van der Waals surface area contributed by atoms with Crippen LogP contribution >= 0.6 is 11.6 Å². The van der Waals surface area contributed by atoms with Crippen molar-refractivity contribution in [1.82, 2.24) is 19.9 Å². The van der Waals surface area contributed by atoms with Gasteiger partial charge in [-0.1, -0.05) is 31.4 Å². The molecule has 0 fully saturated rings. The van der Waals surface area contributed by atoms with Crippen LogP contribution in [0.15, 0.2) is 49.1 Å². The Morgan fingerprint density at radius 2 is 1.33 bits per heavy atom. The van der Waals surface area contributed by atoms with Gasteiger partial charge in [-0.3, -0.25) is 0 Å². The number of benzene rings is 1. The van der Waals surface area contributed by atoms with Gasteiger partial charge in [-0.2, -0.15) is 0 Å². The van der Waals surface area contributed by atoms with Crippen LogP contribution in [-0.4, -0.2) is 19.9 Å². The molecular weight excluding hydrogens is 320 g/mol. The Hall–Kier alpha value is -2.33. The summed E-state index contributed by atoms with van der Waals surface area (Å²) in [6, 6.07) is 7.46. The number of rotatable bonds is 6. The van der Waals surface area contributed by atoms with Crippen molar-refractivity contribution in [2.45, 2.75) is 32.6 Å². The highest BCUT2D eigenvalue weighted by atomic mass is 35.5. The topological polar surface area (TPSA) is 51.6 Å². The number of aromatic nitrogens is 4. The number of unbranched alkanes of at least 4 members (excludes halogenated alkanes) is 2. The van der Waals surface area contributed by atoms with Crippen LogP contribution < -0.4 is 0 Å². The summed E-state index contributed by atoms with van der Waals surface area (Å²) in [6.07, 6.45) is 12.0. The van der Waals surface area contributed by atoms with E-state index in [-0.39, 0.29) is 0 Å². The maximum Gasteiger partial charge on any atom is 0.162 e. The second kappa shape index (κ2) is 7.97. The largest absolute Gasteiger partial charge is 0.236 e. The van der Waals surface area contributed by atoms with Crippen LogP contribution in [0.4, 0.5) is 0 Å². The van der Waals surface area contributed by atoms with Gasteiger partial charge in [-0.15, -0.1) is 0 Å². The second-order valence-electron chi connectivity index (χ2n) is 5.67. The van der Waals surface area contributed by atoms with Crippen LogP contribution in [0, 0.1) is 0 Å². The standard InChI is InChI=1S/C19H19ClN4/c1-2-3-4-5-14-10-21-19(22-11-14)16-12-23-18(24-13-16)15-6-8-17(20)9-7-15/h6-13H,2-5H2,1H3. The Balaban J connectivity index is 1.72. The van der Waals surface area contributed by atoms with Crippen molar-refractivity contribution in [3.05, 3.63) is 59.6 Å². The fraction of sp³-hybridized carbons (Fsp3) is 0.263. The van der Waals surface area contributed by atoms with E-state index in [1.807, 2.05) is 36.7 Å². The summed E-state index contributed by atoms with van der Waals surface area (Å²) in [5.74, 6) is 1.31. The molecule has 0 aliphatic rings. The molecule has 0 radical (unpaired) electrons. The molecule has 0 aliphatic heterocycles. The molecule has 0 N–H and O–H groups in total. The van der Waals surface area contributed by atoms with E-state index in [1.165, 1.54) is 24.8 Å². The summed E-state index contributed by atoms with van der Waals surface area (Å²) in [7, 11) is 0. The lowest BCUT2D eigenvalue weighted by atomic mass is 10.1. The van der Waals surface area contributed by atoms with Gasteiger partial charge in [0.05, 0.1) is 5.56 Å². The van der Waals surface area contributed by atoms with Crippen molar-refractivity contribution < 1.29 is 0 Å². The Morgan fingerprint density at radius 3 is 1.96 bits per heavy atom.